The van der Waals surface area contributed by atoms with Crippen molar-refractivity contribution in [1.29, 1.82) is 0 Å². The van der Waals surface area contributed by atoms with Gasteiger partial charge in [-0.25, -0.2) is 8.78 Å². The van der Waals surface area contributed by atoms with Crippen molar-refractivity contribution in [3.63, 3.8) is 0 Å². The first kappa shape index (κ1) is 16.6. The average Bonchev–Trinajstić information content (AvgIpc) is 2.57. The van der Waals surface area contributed by atoms with Crippen LogP contribution in [0.25, 0.3) is 0 Å². The lowest BCUT2D eigenvalue weighted by molar-refractivity contribution is 0.133. The Bertz CT molecular complexity index is 743. The van der Waals surface area contributed by atoms with E-state index in [4.69, 9.17) is 4.74 Å². The Labute approximate surface area is 138 Å². The van der Waals surface area contributed by atoms with Crippen LogP contribution < -0.4 is 10.3 Å². The summed E-state index contributed by atoms with van der Waals surface area (Å²) in [5.41, 5.74) is 0.357. The third kappa shape index (κ3) is 4.17. The molecule has 2 heterocycles. The van der Waals surface area contributed by atoms with Gasteiger partial charge in [-0.1, -0.05) is 0 Å². The van der Waals surface area contributed by atoms with Crippen LogP contribution in [0.2, 0.25) is 0 Å². The summed E-state index contributed by atoms with van der Waals surface area (Å²) in [5, 5.41) is 0. The van der Waals surface area contributed by atoms with E-state index in [1.165, 1.54) is 18.3 Å². The second kappa shape index (κ2) is 7.53. The normalized spacial score (nSPS) is 16.2. The van der Waals surface area contributed by atoms with E-state index in [-0.39, 0.29) is 11.3 Å². The zero-order valence-electron chi connectivity index (χ0n) is 13.2. The summed E-state index contributed by atoms with van der Waals surface area (Å²) in [4.78, 5) is 20.5. The van der Waals surface area contributed by atoms with Crippen molar-refractivity contribution in [3.8, 4) is 5.75 Å². The number of benzene rings is 1. The van der Waals surface area contributed by atoms with Gasteiger partial charge < -0.3 is 9.72 Å². The summed E-state index contributed by atoms with van der Waals surface area (Å²) < 4.78 is 31.9. The van der Waals surface area contributed by atoms with Crippen molar-refractivity contribution < 1.29 is 13.5 Å². The Morgan fingerprint density at radius 2 is 2.08 bits per heavy atom. The third-order valence-corrected chi connectivity index (χ3v) is 4.23. The van der Waals surface area contributed by atoms with Gasteiger partial charge in [-0.05, 0) is 44.0 Å². The fourth-order valence-electron chi connectivity index (χ4n) is 2.82. The summed E-state index contributed by atoms with van der Waals surface area (Å²) in [5.74, 6) is -0.897. The summed E-state index contributed by atoms with van der Waals surface area (Å²) in [6.07, 6.45) is 4.89. The zero-order valence-corrected chi connectivity index (χ0v) is 13.2. The summed E-state index contributed by atoms with van der Waals surface area (Å²) in [6.45, 7) is 2.59. The van der Waals surface area contributed by atoms with Crippen LogP contribution in [0.3, 0.4) is 0 Å². The fourth-order valence-corrected chi connectivity index (χ4v) is 2.82. The topological polar surface area (TPSA) is 58.2 Å². The van der Waals surface area contributed by atoms with E-state index in [0.717, 1.165) is 32.0 Å². The van der Waals surface area contributed by atoms with Gasteiger partial charge in [0.15, 0.2) is 11.6 Å². The minimum atomic E-state index is -0.679. The average molecular weight is 335 g/mol. The molecule has 3 rings (SSSR count). The number of likely N-dealkylation sites (tertiary alicyclic amines) is 1. The molecule has 7 heteroatoms. The molecular formula is C17H19F2N3O2. The Morgan fingerprint density at radius 3 is 2.79 bits per heavy atom. The number of hydrogen-bond donors (Lipinski definition) is 1. The van der Waals surface area contributed by atoms with Gasteiger partial charge in [0.05, 0.1) is 6.61 Å². The van der Waals surface area contributed by atoms with Crippen molar-refractivity contribution in [2.24, 2.45) is 5.92 Å². The maximum atomic E-state index is 13.5. The molecule has 0 saturated carbocycles. The SMILES string of the molecule is O=c1[nH]ccnc1CN1CCC(COc2ccc(F)cc2F)CC1. The summed E-state index contributed by atoms with van der Waals surface area (Å²) >= 11 is 0. The van der Waals surface area contributed by atoms with Crippen molar-refractivity contribution in [2.75, 3.05) is 19.7 Å². The summed E-state index contributed by atoms with van der Waals surface area (Å²) in [6, 6.07) is 3.32. The molecule has 5 nitrogen and oxygen atoms in total. The van der Waals surface area contributed by atoms with Crippen LogP contribution in [-0.4, -0.2) is 34.6 Å². The van der Waals surface area contributed by atoms with Crippen LogP contribution in [0.1, 0.15) is 18.5 Å². The van der Waals surface area contributed by atoms with Crippen LogP contribution in [0.5, 0.6) is 5.75 Å². The molecule has 0 aliphatic carbocycles. The number of aromatic amines is 1. The van der Waals surface area contributed by atoms with Gasteiger partial charge in [-0.3, -0.25) is 14.7 Å². The van der Waals surface area contributed by atoms with E-state index in [1.807, 2.05) is 0 Å². The Morgan fingerprint density at radius 1 is 1.29 bits per heavy atom. The van der Waals surface area contributed by atoms with E-state index in [1.54, 1.807) is 6.20 Å². The van der Waals surface area contributed by atoms with Crippen molar-refractivity contribution in [2.45, 2.75) is 19.4 Å². The number of aromatic nitrogens is 2. The highest BCUT2D eigenvalue weighted by molar-refractivity contribution is 5.24. The van der Waals surface area contributed by atoms with E-state index in [2.05, 4.69) is 14.9 Å². The van der Waals surface area contributed by atoms with Gasteiger partial charge in [0.2, 0.25) is 0 Å². The molecule has 0 bridgehead atoms. The lowest BCUT2D eigenvalue weighted by Gasteiger charge is -2.31. The van der Waals surface area contributed by atoms with Crippen LogP contribution in [0.4, 0.5) is 8.78 Å². The maximum Gasteiger partial charge on any atom is 0.270 e. The van der Waals surface area contributed by atoms with Gasteiger partial charge in [-0.2, -0.15) is 0 Å². The molecule has 1 aromatic carbocycles. The molecule has 0 spiro atoms. The second-order valence-electron chi connectivity index (χ2n) is 5.97. The van der Waals surface area contributed by atoms with Gasteiger partial charge in [0.1, 0.15) is 11.5 Å². The standard InChI is InChI=1S/C17H19F2N3O2/c18-13-1-2-16(14(19)9-13)24-11-12-3-7-22(8-4-12)10-15-17(23)21-6-5-20-15/h1-2,5-6,9,12H,3-4,7-8,10-11H2,(H,21,23). The van der Waals surface area contributed by atoms with Crippen molar-refractivity contribution in [3.05, 3.63) is 58.3 Å². The van der Waals surface area contributed by atoms with Gasteiger partial charge in [-0.15, -0.1) is 0 Å². The first-order chi connectivity index (χ1) is 11.6. The number of piperidine rings is 1. The highest BCUT2D eigenvalue weighted by Gasteiger charge is 2.21. The number of halogens is 2. The van der Waals surface area contributed by atoms with Crippen LogP contribution in [-0.2, 0) is 6.54 Å². The van der Waals surface area contributed by atoms with Crippen molar-refractivity contribution in [1.82, 2.24) is 14.9 Å². The third-order valence-electron chi connectivity index (χ3n) is 4.23. The second-order valence-corrected chi connectivity index (χ2v) is 5.97. The molecule has 1 N–H and O–H groups in total. The highest BCUT2D eigenvalue weighted by atomic mass is 19.1. The molecule has 1 aliphatic rings. The predicted octanol–water partition coefficient (Wildman–Crippen LogP) is 2.34. The monoisotopic (exact) mass is 335 g/mol. The number of nitrogens with one attached hydrogen (secondary N) is 1. The number of hydrogen-bond acceptors (Lipinski definition) is 4. The lowest BCUT2D eigenvalue weighted by atomic mass is 9.97. The molecule has 0 unspecified atom stereocenters. The zero-order chi connectivity index (χ0) is 16.9. The molecule has 1 saturated heterocycles. The van der Waals surface area contributed by atoms with E-state index < -0.39 is 11.6 Å². The largest absolute Gasteiger partial charge is 0.490 e. The summed E-state index contributed by atoms with van der Waals surface area (Å²) in [7, 11) is 0. The van der Waals surface area contributed by atoms with Crippen LogP contribution in [0, 0.1) is 17.6 Å². The molecular weight excluding hydrogens is 316 g/mol. The fraction of sp³-hybridized carbons (Fsp3) is 0.412. The molecule has 128 valence electrons. The number of nitrogens with zero attached hydrogens (tertiary/aromatic N) is 2. The Kier molecular flexibility index (Phi) is 5.20. The minimum absolute atomic E-state index is 0.0823. The van der Waals surface area contributed by atoms with Crippen LogP contribution in [0.15, 0.2) is 35.4 Å². The van der Waals surface area contributed by atoms with Gasteiger partial charge >= 0.3 is 0 Å². The molecule has 1 aromatic heterocycles. The molecule has 1 fully saturated rings. The highest BCUT2D eigenvalue weighted by Crippen LogP contribution is 2.22. The van der Waals surface area contributed by atoms with Crippen LogP contribution >= 0.6 is 0 Å². The Hall–Kier alpha value is -2.28. The van der Waals surface area contributed by atoms with Gasteiger partial charge in [0, 0.05) is 25.0 Å². The first-order valence-electron chi connectivity index (χ1n) is 7.94. The smallest absolute Gasteiger partial charge is 0.270 e. The number of ether oxygens (including phenoxy) is 1. The lowest BCUT2D eigenvalue weighted by Crippen LogP contribution is -2.36. The predicted molar refractivity (Wildman–Crippen MR) is 84.7 cm³/mol. The maximum absolute atomic E-state index is 13.5. The Balaban J connectivity index is 1.47. The van der Waals surface area contributed by atoms with E-state index >= 15 is 0 Å². The molecule has 24 heavy (non-hydrogen) atoms. The first-order valence-corrected chi connectivity index (χ1v) is 7.94. The molecule has 0 radical (unpaired) electrons. The number of rotatable bonds is 5. The number of H-pyrrole nitrogens is 1. The van der Waals surface area contributed by atoms with Gasteiger partial charge in [0.25, 0.3) is 5.56 Å². The molecule has 0 atom stereocenters. The quantitative estimate of drug-likeness (QED) is 0.911. The minimum Gasteiger partial charge on any atom is -0.490 e. The van der Waals surface area contributed by atoms with E-state index in [0.29, 0.717) is 24.8 Å². The van der Waals surface area contributed by atoms with Crippen molar-refractivity contribution >= 4 is 0 Å². The molecule has 2 aromatic rings. The molecule has 1 aliphatic heterocycles. The molecule has 0 amide bonds. The van der Waals surface area contributed by atoms with E-state index in [9.17, 15) is 13.6 Å².